The number of aryl methyl sites for hydroxylation is 1. The van der Waals surface area contributed by atoms with Crippen LogP contribution in [0, 0.1) is 12.7 Å². The molecule has 2 rings (SSSR count). The highest BCUT2D eigenvalue weighted by atomic mass is 19.2. The van der Waals surface area contributed by atoms with Crippen LogP contribution in [-0.2, 0) is 9.59 Å². The number of nitrogens with zero attached hydrogens (tertiary/aromatic N) is 1. The zero-order chi connectivity index (χ0) is 17.5. The molecule has 0 atom stereocenters. The van der Waals surface area contributed by atoms with Gasteiger partial charge in [0.15, 0.2) is 6.61 Å². The number of amides is 2. The van der Waals surface area contributed by atoms with Gasteiger partial charge in [-0.15, -0.1) is 5.12 Å². The highest BCUT2D eigenvalue weighted by Crippen LogP contribution is 2.18. The van der Waals surface area contributed by atoms with E-state index in [2.05, 4.69) is 5.32 Å². The molecule has 0 unspecified atom stereocenters. The molecule has 0 bridgehead atoms. The van der Waals surface area contributed by atoms with Crippen molar-refractivity contribution < 1.29 is 23.2 Å². The molecule has 7 heteroatoms. The molecule has 24 heavy (non-hydrogen) atoms. The third-order valence-corrected chi connectivity index (χ3v) is 3.08. The van der Waals surface area contributed by atoms with E-state index in [1.54, 1.807) is 18.2 Å². The number of halogens is 2. The van der Waals surface area contributed by atoms with Crippen LogP contribution in [0.3, 0.4) is 0 Å². The molecule has 0 saturated carbocycles. The van der Waals surface area contributed by atoms with Crippen LogP contribution in [0.2, 0.25) is 0 Å². The molecule has 0 aliphatic carbocycles. The number of hydrogen-bond donors (Lipinski definition) is 1. The van der Waals surface area contributed by atoms with E-state index in [9.17, 15) is 18.5 Å². The van der Waals surface area contributed by atoms with Gasteiger partial charge in [-0.2, -0.15) is 0 Å². The lowest BCUT2D eigenvalue weighted by Gasteiger charge is -2.13. The first-order valence-corrected chi connectivity index (χ1v) is 7.17. The first-order chi connectivity index (χ1) is 11.5. The quantitative estimate of drug-likeness (QED) is 0.826. The zero-order valence-corrected chi connectivity index (χ0v) is 13.0. The summed E-state index contributed by atoms with van der Waals surface area (Å²) in [6, 6.07) is 12.0. The predicted molar refractivity (Wildman–Crippen MR) is 84.7 cm³/mol. The van der Waals surface area contributed by atoms with Crippen LogP contribution in [0.4, 0.5) is 14.6 Å². The topological polar surface area (TPSA) is 58.6 Å². The summed E-state index contributed by atoms with van der Waals surface area (Å²) < 4.78 is 32.4. The Balaban J connectivity index is 1.81. The van der Waals surface area contributed by atoms with Gasteiger partial charge in [-0.1, -0.05) is 28.7 Å². The van der Waals surface area contributed by atoms with E-state index in [0.29, 0.717) is 5.75 Å². The van der Waals surface area contributed by atoms with E-state index < -0.39 is 29.9 Å². The third-order valence-electron chi connectivity index (χ3n) is 3.08. The first kappa shape index (κ1) is 17.4. The van der Waals surface area contributed by atoms with Crippen molar-refractivity contribution >= 4 is 17.5 Å². The van der Waals surface area contributed by atoms with Gasteiger partial charge in [0, 0.05) is 0 Å². The standard InChI is InChI=1S/C17H16F2N2O3/c1-12-5-4-6-13(9-12)24-11-16(22)20-10-17(23)21(19)15-8-3-2-7-14(15)18/h2-9H,10-11H2,1H3,(H,20,22). The van der Waals surface area contributed by atoms with Crippen molar-refractivity contribution in [2.24, 2.45) is 0 Å². The average Bonchev–Trinajstić information content (AvgIpc) is 2.57. The number of para-hydroxylation sites is 1. The molecule has 1 N–H and O–H groups in total. The Morgan fingerprint density at radius 2 is 1.92 bits per heavy atom. The highest BCUT2D eigenvalue weighted by molar-refractivity contribution is 5.95. The minimum atomic E-state index is -1.09. The summed E-state index contributed by atoms with van der Waals surface area (Å²) in [4.78, 5) is 23.3. The summed E-state index contributed by atoms with van der Waals surface area (Å²) in [5, 5.41) is 1.88. The van der Waals surface area contributed by atoms with Gasteiger partial charge in [0.05, 0.1) is 6.54 Å². The number of carbonyl (C=O) groups is 2. The van der Waals surface area contributed by atoms with Crippen LogP contribution < -0.4 is 15.2 Å². The Labute approximate surface area is 137 Å². The molecule has 5 nitrogen and oxygen atoms in total. The van der Waals surface area contributed by atoms with Crippen LogP contribution >= 0.6 is 0 Å². The van der Waals surface area contributed by atoms with Gasteiger partial charge in [0.1, 0.15) is 17.3 Å². The molecule has 0 radical (unpaired) electrons. The number of benzene rings is 2. The molecule has 0 fully saturated rings. The lowest BCUT2D eigenvalue weighted by molar-refractivity contribution is -0.127. The van der Waals surface area contributed by atoms with E-state index in [1.807, 2.05) is 13.0 Å². The molecular weight excluding hydrogens is 318 g/mol. The monoisotopic (exact) mass is 334 g/mol. The molecule has 2 aromatic rings. The Kier molecular flexibility index (Phi) is 5.83. The molecule has 126 valence electrons. The lowest BCUT2D eigenvalue weighted by Crippen LogP contribution is -2.38. The van der Waals surface area contributed by atoms with Crippen LogP contribution in [-0.4, -0.2) is 25.0 Å². The van der Waals surface area contributed by atoms with Gasteiger partial charge in [0.2, 0.25) is 0 Å². The number of carbonyl (C=O) groups excluding carboxylic acids is 2. The normalized spacial score (nSPS) is 10.1. The van der Waals surface area contributed by atoms with E-state index in [4.69, 9.17) is 4.74 Å². The number of anilines is 1. The van der Waals surface area contributed by atoms with Gasteiger partial charge in [-0.05, 0) is 36.8 Å². The van der Waals surface area contributed by atoms with Crippen LogP contribution in [0.5, 0.6) is 5.75 Å². The summed E-state index contributed by atoms with van der Waals surface area (Å²) in [6.45, 7) is 0.952. The van der Waals surface area contributed by atoms with Crippen molar-refractivity contribution in [3.8, 4) is 5.75 Å². The maximum Gasteiger partial charge on any atom is 0.274 e. The van der Waals surface area contributed by atoms with E-state index in [0.717, 1.165) is 17.7 Å². The average molecular weight is 334 g/mol. The highest BCUT2D eigenvalue weighted by Gasteiger charge is 2.19. The summed E-state index contributed by atoms with van der Waals surface area (Å²) >= 11 is 0. The van der Waals surface area contributed by atoms with Crippen molar-refractivity contribution in [2.45, 2.75) is 6.92 Å². The maximum atomic E-state index is 13.8. The van der Waals surface area contributed by atoms with Crippen molar-refractivity contribution in [2.75, 3.05) is 18.3 Å². The van der Waals surface area contributed by atoms with Gasteiger partial charge >= 0.3 is 0 Å². The summed E-state index contributed by atoms with van der Waals surface area (Å²) in [7, 11) is 0. The Hall–Kier alpha value is -2.96. The van der Waals surface area contributed by atoms with Crippen molar-refractivity contribution in [3.05, 3.63) is 59.9 Å². The first-order valence-electron chi connectivity index (χ1n) is 7.17. The van der Waals surface area contributed by atoms with Crippen LogP contribution in [0.1, 0.15) is 5.56 Å². The molecular formula is C17H16F2N2O3. The molecule has 0 aromatic heterocycles. The molecule has 0 aliphatic rings. The van der Waals surface area contributed by atoms with E-state index >= 15 is 0 Å². The second kappa shape index (κ2) is 8.05. The number of rotatable bonds is 6. The van der Waals surface area contributed by atoms with E-state index in [1.165, 1.54) is 12.1 Å². The fourth-order valence-electron chi connectivity index (χ4n) is 1.89. The summed E-state index contributed by atoms with van der Waals surface area (Å²) in [5.74, 6) is -2.05. The lowest BCUT2D eigenvalue weighted by atomic mass is 10.2. The molecule has 2 amide bonds. The number of ether oxygens (including phenoxy) is 1. The van der Waals surface area contributed by atoms with Gasteiger partial charge in [-0.25, -0.2) is 4.39 Å². The second-order valence-electron chi connectivity index (χ2n) is 5.01. The minimum absolute atomic E-state index is 0.317. The van der Waals surface area contributed by atoms with Crippen molar-refractivity contribution in [1.29, 1.82) is 0 Å². The van der Waals surface area contributed by atoms with Crippen molar-refractivity contribution in [1.82, 2.24) is 5.32 Å². The fraction of sp³-hybridized carbons (Fsp3) is 0.176. The smallest absolute Gasteiger partial charge is 0.274 e. The largest absolute Gasteiger partial charge is 0.484 e. The summed E-state index contributed by atoms with van der Waals surface area (Å²) in [5.41, 5.74) is 0.466. The molecule has 2 aromatic carbocycles. The number of hydrogen-bond acceptors (Lipinski definition) is 3. The fourth-order valence-corrected chi connectivity index (χ4v) is 1.89. The molecule has 0 heterocycles. The van der Waals surface area contributed by atoms with E-state index in [-0.39, 0.29) is 11.7 Å². The Morgan fingerprint density at radius 3 is 2.62 bits per heavy atom. The molecule has 0 spiro atoms. The second-order valence-corrected chi connectivity index (χ2v) is 5.01. The number of nitrogens with one attached hydrogen (secondary N) is 1. The molecule has 0 saturated heterocycles. The van der Waals surface area contributed by atoms with Crippen LogP contribution in [0.25, 0.3) is 0 Å². The Morgan fingerprint density at radius 1 is 1.17 bits per heavy atom. The van der Waals surface area contributed by atoms with Crippen molar-refractivity contribution in [3.63, 3.8) is 0 Å². The van der Waals surface area contributed by atoms with Crippen LogP contribution in [0.15, 0.2) is 48.5 Å². The van der Waals surface area contributed by atoms with Gasteiger partial charge < -0.3 is 10.1 Å². The SMILES string of the molecule is Cc1cccc(OCC(=O)NCC(=O)N(F)c2ccccc2F)c1. The summed E-state index contributed by atoms with van der Waals surface area (Å²) in [6.07, 6.45) is 0. The predicted octanol–water partition coefficient (Wildman–Crippen LogP) is 2.55. The third kappa shape index (κ3) is 4.77. The maximum absolute atomic E-state index is 13.8. The molecule has 0 aliphatic heterocycles. The van der Waals surface area contributed by atoms with Gasteiger partial charge in [-0.3, -0.25) is 9.59 Å². The zero-order valence-electron chi connectivity index (χ0n) is 13.0. The Bertz CT molecular complexity index is 737. The minimum Gasteiger partial charge on any atom is -0.484 e. The van der Waals surface area contributed by atoms with Gasteiger partial charge in [0.25, 0.3) is 11.8 Å².